The van der Waals surface area contributed by atoms with E-state index >= 15 is 0 Å². The Kier molecular flexibility index (Phi) is 3.86. The standard InChI is InChI=1S/C16H25N5O/c22-15(17-12-7-8-12)11-20-9-4-5-13(20)16-19-18-14-6-2-1-3-10-21(14)16/h12-13H,1-11H2,(H,17,22). The van der Waals surface area contributed by atoms with E-state index in [2.05, 4.69) is 25.0 Å². The van der Waals surface area contributed by atoms with Gasteiger partial charge in [0.25, 0.3) is 0 Å². The first kappa shape index (κ1) is 14.2. The van der Waals surface area contributed by atoms with E-state index in [-0.39, 0.29) is 11.9 Å². The second kappa shape index (κ2) is 5.99. The second-order valence-electron chi connectivity index (χ2n) is 6.91. The van der Waals surface area contributed by atoms with Gasteiger partial charge in [0.15, 0.2) is 0 Å². The van der Waals surface area contributed by atoms with E-state index < -0.39 is 0 Å². The minimum Gasteiger partial charge on any atom is -0.352 e. The van der Waals surface area contributed by atoms with Gasteiger partial charge in [0.2, 0.25) is 5.91 Å². The van der Waals surface area contributed by atoms with Crippen molar-refractivity contribution >= 4 is 5.91 Å². The maximum absolute atomic E-state index is 12.1. The first-order valence-corrected chi connectivity index (χ1v) is 8.76. The predicted molar refractivity (Wildman–Crippen MR) is 82.3 cm³/mol. The molecule has 22 heavy (non-hydrogen) atoms. The molecule has 6 heteroatoms. The monoisotopic (exact) mass is 303 g/mol. The third kappa shape index (κ3) is 2.89. The van der Waals surface area contributed by atoms with Crippen LogP contribution in [0.1, 0.15) is 62.6 Å². The number of fused-ring (bicyclic) bond motifs is 1. The van der Waals surface area contributed by atoms with Crippen molar-refractivity contribution in [1.82, 2.24) is 25.0 Å². The first-order chi connectivity index (χ1) is 10.8. The van der Waals surface area contributed by atoms with Gasteiger partial charge in [-0.3, -0.25) is 9.69 Å². The van der Waals surface area contributed by atoms with Gasteiger partial charge in [-0.05, 0) is 45.1 Å². The molecule has 1 N–H and O–H groups in total. The van der Waals surface area contributed by atoms with Crippen LogP contribution < -0.4 is 5.32 Å². The average molecular weight is 303 g/mol. The van der Waals surface area contributed by atoms with Crippen LogP contribution in [0.2, 0.25) is 0 Å². The zero-order valence-corrected chi connectivity index (χ0v) is 13.1. The molecular formula is C16H25N5O. The highest BCUT2D eigenvalue weighted by atomic mass is 16.2. The molecule has 120 valence electrons. The number of carbonyl (C=O) groups excluding carboxylic acids is 1. The molecular weight excluding hydrogens is 278 g/mol. The van der Waals surface area contributed by atoms with E-state index in [4.69, 9.17) is 0 Å². The molecule has 0 radical (unpaired) electrons. The lowest BCUT2D eigenvalue weighted by Crippen LogP contribution is -2.38. The van der Waals surface area contributed by atoms with E-state index in [0.29, 0.717) is 12.6 Å². The third-order valence-corrected chi connectivity index (χ3v) is 5.09. The smallest absolute Gasteiger partial charge is 0.234 e. The normalized spacial score (nSPS) is 25.7. The van der Waals surface area contributed by atoms with Crippen LogP contribution in [0, 0.1) is 0 Å². The van der Waals surface area contributed by atoms with Crippen molar-refractivity contribution in [2.24, 2.45) is 0 Å². The number of carbonyl (C=O) groups is 1. The number of amides is 1. The Morgan fingerprint density at radius 2 is 2.00 bits per heavy atom. The lowest BCUT2D eigenvalue weighted by atomic mass is 10.2. The lowest BCUT2D eigenvalue weighted by Gasteiger charge is -2.23. The van der Waals surface area contributed by atoms with Crippen LogP contribution >= 0.6 is 0 Å². The van der Waals surface area contributed by atoms with Gasteiger partial charge in [0.1, 0.15) is 11.6 Å². The van der Waals surface area contributed by atoms with Gasteiger partial charge < -0.3 is 9.88 Å². The summed E-state index contributed by atoms with van der Waals surface area (Å²) in [6.45, 7) is 2.53. The predicted octanol–water partition coefficient (Wildman–Crippen LogP) is 1.42. The van der Waals surface area contributed by atoms with Crippen LogP contribution in [0.25, 0.3) is 0 Å². The summed E-state index contributed by atoms with van der Waals surface area (Å²) in [7, 11) is 0. The van der Waals surface area contributed by atoms with Gasteiger partial charge in [-0.25, -0.2) is 0 Å². The maximum Gasteiger partial charge on any atom is 0.234 e. The molecule has 3 aliphatic rings. The van der Waals surface area contributed by atoms with Crippen molar-refractivity contribution in [1.29, 1.82) is 0 Å². The number of hydrogen-bond donors (Lipinski definition) is 1. The third-order valence-electron chi connectivity index (χ3n) is 5.09. The van der Waals surface area contributed by atoms with Crippen LogP contribution in [-0.4, -0.2) is 44.7 Å². The number of likely N-dealkylation sites (tertiary alicyclic amines) is 1. The van der Waals surface area contributed by atoms with Gasteiger partial charge in [-0.1, -0.05) is 6.42 Å². The number of aromatic nitrogens is 3. The first-order valence-electron chi connectivity index (χ1n) is 8.76. The number of nitrogens with zero attached hydrogens (tertiary/aromatic N) is 4. The van der Waals surface area contributed by atoms with Crippen LogP contribution in [0.3, 0.4) is 0 Å². The second-order valence-corrected chi connectivity index (χ2v) is 6.91. The molecule has 1 saturated heterocycles. The Balaban J connectivity index is 1.48. The van der Waals surface area contributed by atoms with Crippen molar-refractivity contribution in [2.45, 2.75) is 70.0 Å². The number of rotatable bonds is 4. The van der Waals surface area contributed by atoms with Crippen LogP contribution in [0.5, 0.6) is 0 Å². The number of aryl methyl sites for hydroxylation is 1. The van der Waals surface area contributed by atoms with E-state index in [9.17, 15) is 4.79 Å². The fourth-order valence-electron chi connectivity index (χ4n) is 3.75. The summed E-state index contributed by atoms with van der Waals surface area (Å²) in [5.74, 6) is 2.40. The van der Waals surface area contributed by atoms with Gasteiger partial charge in [-0.15, -0.1) is 10.2 Å². The van der Waals surface area contributed by atoms with Gasteiger partial charge in [0.05, 0.1) is 12.6 Å². The summed E-state index contributed by atoms with van der Waals surface area (Å²) in [6, 6.07) is 0.710. The molecule has 0 bridgehead atoms. The Morgan fingerprint density at radius 3 is 2.86 bits per heavy atom. The van der Waals surface area contributed by atoms with Crippen LogP contribution in [-0.2, 0) is 17.8 Å². The quantitative estimate of drug-likeness (QED) is 0.914. The highest BCUT2D eigenvalue weighted by Crippen LogP contribution is 2.32. The topological polar surface area (TPSA) is 63.1 Å². The molecule has 1 amide bonds. The fraction of sp³-hybridized carbons (Fsp3) is 0.812. The minimum atomic E-state index is 0.171. The van der Waals surface area contributed by atoms with Crippen molar-refractivity contribution in [2.75, 3.05) is 13.1 Å². The molecule has 1 saturated carbocycles. The highest BCUT2D eigenvalue weighted by Gasteiger charge is 2.33. The molecule has 2 fully saturated rings. The molecule has 2 aliphatic heterocycles. The molecule has 3 heterocycles. The summed E-state index contributed by atoms with van der Waals surface area (Å²) in [4.78, 5) is 14.4. The summed E-state index contributed by atoms with van der Waals surface area (Å²) < 4.78 is 2.33. The maximum atomic E-state index is 12.1. The van der Waals surface area contributed by atoms with Crippen molar-refractivity contribution < 1.29 is 4.79 Å². The summed E-state index contributed by atoms with van der Waals surface area (Å²) in [6.07, 6.45) is 9.28. The Hall–Kier alpha value is -1.43. The van der Waals surface area contributed by atoms with E-state index in [1.165, 1.54) is 19.3 Å². The minimum absolute atomic E-state index is 0.171. The SMILES string of the molecule is O=C(CN1CCCC1c1nnc2n1CCCCC2)NC1CC1. The molecule has 1 atom stereocenters. The Bertz CT molecular complexity index is 551. The van der Waals surface area contributed by atoms with E-state index in [0.717, 1.165) is 56.8 Å². The van der Waals surface area contributed by atoms with Crippen molar-refractivity contribution in [3.8, 4) is 0 Å². The zero-order chi connectivity index (χ0) is 14.9. The molecule has 1 unspecified atom stereocenters. The van der Waals surface area contributed by atoms with Crippen LogP contribution in [0.15, 0.2) is 0 Å². The average Bonchev–Trinajstić information content (AvgIpc) is 3.14. The fourth-order valence-corrected chi connectivity index (χ4v) is 3.75. The summed E-state index contributed by atoms with van der Waals surface area (Å²) in [5, 5.41) is 12.0. The largest absolute Gasteiger partial charge is 0.352 e. The molecule has 1 aromatic rings. The lowest BCUT2D eigenvalue weighted by molar-refractivity contribution is -0.122. The van der Waals surface area contributed by atoms with Crippen molar-refractivity contribution in [3.05, 3.63) is 11.6 Å². The van der Waals surface area contributed by atoms with E-state index in [1.807, 2.05) is 0 Å². The zero-order valence-electron chi connectivity index (χ0n) is 13.1. The Labute approximate surface area is 131 Å². The molecule has 1 aliphatic carbocycles. The summed E-state index contributed by atoms with van der Waals surface area (Å²) >= 11 is 0. The molecule has 6 nitrogen and oxygen atoms in total. The van der Waals surface area contributed by atoms with Crippen molar-refractivity contribution in [3.63, 3.8) is 0 Å². The molecule has 1 aromatic heterocycles. The van der Waals surface area contributed by atoms with Gasteiger partial charge in [0, 0.05) is 19.0 Å². The summed E-state index contributed by atoms with van der Waals surface area (Å²) in [5.41, 5.74) is 0. The van der Waals surface area contributed by atoms with Gasteiger partial charge >= 0.3 is 0 Å². The highest BCUT2D eigenvalue weighted by molar-refractivity contribution is 5.78. The van der Waals surface area contributed by atoms with Crippen LogP contribution in [0.4, 0.5) is 0 Å². The molecule has 0 aromatic carbocycles. The van der Waals surface area contributed by atoms with E-state index in [1.54, 1.807) is 0 Å². The molecule has 0 spiro atoms. The Morgan fingerprint density at radius 1 is 1.09 bits per heavy atom. The number of hydrogen-bond acceptors (Lipinski definition) is 4. The number of nitrogens with one attached hydrogen (secondary N) is 1. The van der Waals surface area contributed by atoms with Gasteiger partial charge in [-0.2, -0.15) is 0 Å². The molecule has 4 rings (SSSR count).